The van der Waals surface area contributed by atoms with Crippen LogP contribution < -0.4 is 4.74 Å². The van der Waals surface area contributed by atoms with Crippen molar-refractivity contribution >= 4 is 34.3 Å². The Kier molecular flexibility index (Phi) is 5.42. The van der Waals surface area contributed by atoms with Crippen molar-refractivity contribution < 1.29 is 4.74 Å². The van der Waals surface area contributed by atoms with E-state index in [1.807, 2.05) is 53.2 Å². The van der Waals surface area contributed by atoms with Gasteiger partial charge in [0.1, 0.15) is 16.8 Å². The molecule has 0 N–H and O–H groups in total. The average Bonchev–Trinajstić information content (AvgIpc) is 3.29. The van der Waals surface area contributed by atoms with Crippen molar-refractivity contribution in [2.24, 2.45) is 0 Å². The van der Waals surface area contributed by atoms with Crippen LogP contribution in [0.2, 0.25) is 0 Å². The lowest BCUT2D eigenvalue weighted by Gasteiger charge is -2.08. The lowest BCUT2D eigenvalue weighted by Crippen LogP contribution is -1.96. The van der Waals surface area contributed by atoms with Gasteiger partial charge in [-0.15, -0.1) is 22.7 Å². The molecule has 0 saturated heterocycles. The molecule has 120 valence electrons. The molecule has 0 aliphatic rings. The molecule has 2 aromatic heterocycles. The van der Waals surface area contributed by atoms with Gasteiger partial charge in [-0.25, -0.2) is 4.98 Å². The third-order valence-corrected chi connectivity index (χ3v) is 5.08. The molecule has 3 rings (SSSR count). The molecular weight excluding hydrogens is 336 g/mol. The molecule has 5 heteroatoms. The van der Waals surface area contributed by atoms with E-state index >= 15 is 0 Å². The number of benzene rings is 1. The Morgan fingerprint density at radius 2 is 2.12 bits per heavy atom. The van der Waals surface area contributed by atoms with Crippen LogP contribution >= 0.6 is 22.7 Å². The number of nitriles is 1. The van der Waals surface area contributed by atoms with E-state index in [1.54, 1.807) is 11.3 Å². The molecule has 2 heterocycles. The van der Waals surface area contributed by atoms with Gasteiger partial charge in [0, 0.05) is 10.9 Å². The summed E-state index contributed by atoms with van der Waals surface area (Å²) < 4.78 is 5.76. The third-order valence-electron chi connectivity index (χ3n) is 3.31. The highest BCUT2D eigenvalue weighted by Gasteiger charge is 2.11. The van der Waals surface area contributed by atoms with Crippen LogP contribution in [0.4, 0.5) is 0 Å². The Bertz CT molecular complexity index is 873. The first kappa shape index (κ1) is 16.4. The number of hydrogen-bond acceptors (Lipinski definition) is 5. The minimum Gasteiger partial charge on any atom is -0.493 e. The van der Waals surface area contributed by atoms with Crippen molar-refractivity contribution in [3.63, 3.8) is 0 Å². The summed E-state index contributed by atoms with van der Waals surface area (Å²) in [7, 11) is 0. The van der Waals surface area contributed by atoms with Crippen LogP contribution in [-0.4, -0.2) is 11.6 Å². The summed E-state index contributed by atoms with van der Waals surface area (Å²) in [5, 5.41) is 14.3. The van der Waals surface area contributed by atoms with Gasteiger partial charge >= 0.3 is 0 Å². The number of nitrogens with zero attached hydrogens (tertiary/aromatic N) is 2. The summed E-state index contributed by atoms with van der Waals surface area (Å²) >= 11 is 3.13. The van der Waals surface area contributed by atoms with E-state index in [4.69, 9.17) is 4.74 Å². The number of hydrogen-bond donors (Lipinski definition) is 0. The molecule has 1 aromatic carbocycles. The van der Waals surface area contributed by atoms with E-state index in [1.165, 1.54) is 11.3 Å². The van der Waals surface area contributed by atoms with Gasteiger partial charge in [0.05, 0.1) is 22.8 Å². The molecule has 0 spiro atoms. The molecule has 0 radical (unpaired) electrons. The lowest BCUT2D eigenvalue weighted by atomic mass is 10.1. The Morgan fingerprint density at radius 3 is 2.88 bits per heavy atom. The predicted octanol–water partition coefficient (Wildman–Crippen LogP) is 5.72. The second kappa shape index (κ2) is 7.91. The van der Waals surface area contributed by atoms with E-state index in [0.29, 0.717) is 12.2 Å². The topological polar surface area (TPSA) is 45.9 Å². The SMILES string of the molecule is CCCOc1ccccc1/C=C(/C#N)c1nc(-c2cccs2)cs1. The summed E-state index contributed by atoms with van der Waals surface area (Å²) in [5.41, 5.74) is 2.37. The van der Waals surface area contributed by atoms with Crippen molar-refractivity contribution in [3.8, 4) is 22.4 Å². The Balaban J connectivity index is 1.92. The number of aromatic nitrogens is 1. The van der Waals surface area contributed by atoms with Crippen molar-refractivity contribution in [2.45, 2.75) is 13.3 Å². The molecule has 0 bridgehead atoms. The van der Waals surface area contributed by atoms with Crippen LogP contribution in [0.1, 0.15) is 23.9 Å². The van der Waals surface area contributed by atoms with Crippen molar-refractivity contribution in [1.29, 1.82) is 5.26 Å². The number of rotatable bonds is 6. The number of allylic oxidation sites excluding steroid dienone is 1. The summed E-state index contributed by atoms with van der Waals surface area (Å²) in [4.78, 5) is 5.72. The van der Waals surface area contributed by atoms with Crippen LogP contribution in [0.15, 0.2) is 47.2 Å². The van der Waals surface area contributed by atoms with Crippen molar-refractivity contribution in [1.82, 2.24) is 4.98 Å². The molecule has 0 fully saturated rings. The zero-order chi connectivity index (χ0) is 16.8. The zero-order valence-electron chi connectivity index (χ0n) is 13.2. The fourth-order valence-electron chi connectivity index (χ4n) is 2.18. The molecular formula is C19H16N2OS2. The molecule has 3 nitrogen and oxygen atoms in total. The van der Waals surface area contributed by atoms with E-state index < -0.39 is 0 Å². The highest BCUT2D eigenvalue weighted by atomic mass is 32.1. The van der Waals surface area contributed by atoms with Gasteiger partial charge in [-0.05, 0) is 30.0 Å². The number of thiazole rings is 1. The van der Waals surface area contributed by atoms with E-state index in [2.05, 4.69) is 18.0 Å². The molecule has 3 aromatic rings. The van der Waals surface area contributed by atoms with E-state index in [-0.39, 0.29) is 0 Å². The van der Waals surface area contributed by atoms with Crippen LogP contribution in [0, 0.1) is 11.3 Å². The van der Waals surface area contributed by atoms with Crippen LogP contribution in [0.5, 0.6) is 5.75 Å². The molecule has 0 aliphatic carbocycles. The standard InChI is InChI=1S/C19H16N2OS2/c1-2-9-22-17-7-4-3-6-14(17)11-15(12-20)19-21-16(13-24-19)18-8-5-10-23-18/h3-8,10-11,13H,2,9H2,1H3/b15-11-. The monoisotopic (exact) mass is 352 g/mol. The number of thiophene rings is 1. The second-order valence-electron chi connectivity index (χ2n) is 5.07. The lowest BCUT2D eigenvalue weighted by molar-refractivity contribution is 0.317. The molecule has 0 saturated carbocycles. The molecule has 0 amide bonds. The third kappa shape index (κ3) is 3.73. The minimum absolute atomic E-state index is 0.551. The Hall–Kier alpha value is -2.42. The smallest absolute Gasteiger partial charge is 0.134 e. The first-order valence-electron chi connectivity index (χ1n) is 7.65. The quantitative estimate of drug-likeness (QED) is 0.533. The van der Waals surface area contributed by atoms with Crippen molar-refractivity contribution in [3.05, 3.63) is 57.7 Å². The van der Waals surface area contributed by atoms with Gasteiger partial charge in [0.2, 0.25) is 0 Å². The van der Waals surface area contributed by atoms with Gasteiger partial charge in [0.25, 0.3) is 0 Å². The maximum absolute atomic E-state index is 9.56. The maximum atomic E-state index is 9.56. The Labute approximate surface area is 149 Å². The average molecular weight is 352 g/mol. The summed E-state index contributed by atoms with van der Waals surface area (Å²) in [6.07, 6.45) is 2.79. The largest absolute Gasteiger partial charge is 0.493 e. The predicted molar refractivity (Wildman–Crippen MR) is 101 cm³/mol. The van der Waals surface area contributed by atoms with Crippen LogP contribution in [0.3, 0.4) is 0 Å². The summed E-state index contributed by atoms with van der Waals surface area (Å²) in [6.45, 7) is 2.73. The first-order chi connectivity index (χ1) is 11.8. The maximum Gasteiger partial charge on any atom is 0.134 e. The van der Waals surface area contributed by atoms with Gasteiger partial charge in [0.15, 0.2) is 0 Å². The van der Waals surface area contributed by atoms with Gasteiger partial charge in [-0.2, -0.15) is 5.26 Å². The molecule has 0 aliphatic heterocycles. The van der Waals surface area contributed by atoms with E-state index in [9.17, 15) is 5.26 Å². The molecule has 0 unspecified atom stereocenters. The fraction of sp³-hybridized carbons (Fsp3) is 0.158. The zero-order valence-corrected chi connectivity index (χ0v) is 14.9. The molecule has 0 atom stereocenters. The second-order valence-corrected chi connectivity index (χ2v) is 6.88. The highest BCUT2D eigenvalue weighted by Crippen LogP contribution is 2.31. The molecule has 24 heavy (non-hydrogen) atoms. The number of ether oxygens (including phenoxy) is 1. The van der Waals surface area contributed by atoms with Crippen LogP contribution in [-0.2, 0) is 0 Å². The highest BCUT2D eigenvalue weighted by molar-refractivity contribution is 7.14. The minimum atomic E-state index is 0.551. The normalized spacial score (nSPS) is 11.2. The van der Waals surface area contributed by atoms with Gasteiger partial charge < -0.3 is 4.74 Å². The van der Waals surface area contributed by atoms with Gasteiger partial charge in [-0.1, -0.05) is 31.2 Å². The van der Waals surface area contributed by atoms with E-state index in [0.717, 1.165) is 33.3 Å². The van der Waals surface area contributed by atoms with Crippen LogP contribution in [0.25, 0.3) is 22.2 Å². The summed E-state index contributed by atoms with van der Waals surface area (Å²) in [6, 6.07) is 14.1. The first-order valence-corrected chi connectivity index (χ1v) is 9.41. The Morgan fingerprint density at radius 1 is 1.25 bits per heavy atom. The van der Waals surface area contributed by atoms with Gasteiger partial charge in [-0.3, -0.25) is 0 Å². The fourth-order valence-corrected chi connectivity index (χ4v) is 3.72. The number of para-hydroxylation sites is 1. The summed E-state index contributed by atoms with van der Waals surface area (Å²) in [5.74, 6) is 0.794. The van der Waals surface area contributed by atoms with Crippen molar-refractivity contribution in [2.75, 3.05) is 6.61 Å².